The summed E-state index contributed by atoms with van der Waals surface area (Å²) in [5, 5.41) is 23.1. The predicted molar refractivity (Wildman–Crippen MR) is 134 cm³/mol. The molecule has 4 saturated carbocycles. The summed E-state index contributed by atoms with van der Waals surface area (Å²) in [6, 6.07) is 11.9. The van der Waals surface area contributed by atoms with Gasteiger partial charge in [0.15, 0.2) is 5.96 Å². The first kappa shape index (κ1) is 22.5. The zero-order chi connectivity index (χ0) is 23.9. The largest absolute Gasteiger partial charge is 0.508 e. The van der Waals surface area contributed by atoms with E-state index in [1.54, 1.807) is 13.1 Å². The number of phenols is 1. The second kappa shape index (κ2) is 8.82. The smallest absolute Gasteiger partial charge is 0.328 e. The van der Waals surface area contributed by atoms with E-state index in [1.165, 1.54) is 38.5 Å². The van der Waals surface area contributed by atoms with Gasteiger partial charge in [0.05, 0.1) is 0 Å². The third-order valence-electron chi connectivity index (χ3n) is 8.17. The average molecular weight is 460 g/mol. The molecule has 4 aliphatic carbocycles. The van der Waals surface area contributed by atoms with Crippen molar-refractivity contribution in [2.45, 2.75) is 50.5 Å². The number of aliphatic imine (C=N–C) groups is 1. The lowest BCUT2D eigenvalue weighted by Gasteiger charge is -2.57. The Bertz CT molecular complexity index is 1130. The van der Waals surface area contributed by atoms with Crippen LogP contribution in [0.15, 0.2) is 47.5 Å². The van der Waals surface area contributed by atoms with Gasteiger partial charge in [-0.2, -0.15) is 0 Å². The number of hydrogen-bond acceptors (Lipinski definition) is 3. The summed E-state index contributed by atoms with van der Waals surface area (Å²) in [5.41, 5.74) is 11.0. The highest BCUT2D eigenvalue weighted by Gasteiger charge is 2.52. The highest BCUT2D eigenvalue weighted by molar-refractivity contribution is 5.85. The highest BCUT2D eigenvalue weighted by atomic mass is 16.4. The van der Waals surface area contributed by atoms with Crippen LogP contribution in [0.3, 0.4) is 0 Å². The highest BCUT2D eigenvalue weighted by Crippen LogP contribution is 2.62. The third kappa shape index (κ3) is 4.29. The van der Waals surface area contributed by atoms with E-state index >= 15 is 0 Å². The average Bonchev–Trinajstić information content (AvgIpc) is 2.80. The van der Waals surface area contributed by atoms with Gasteiger partial charge in [0, 0.05) is 25.2 Å². The monoisotopic (exact) mass is 459 g/mol. The lowest BCUT2D eigenvalue weighted by molar-refractivity contribution is -0.131. The molecule has 4 fully saturated rings. The SMILES string of the molecule is CN=C(N)NCc1cc(/C=C/C(=O)O)ccc1-c1ccc(O)c(C23CC4CC(CC(C4)C2)C3)c1. The van der Waals surface area contributed by atoms with Crippen LogP contribution in [-0.4, -0.2) is 29.2 Å². The Morgan fingerprint density at radius 2 is 1.79 bits per heavy atom. The molecule has 0 atom stereocenters. The second-order valence-corrected chi connectivity index (χ2v) is 10.5. The van der Waals surface area contributed by atoms with Crippen molar-refractivity contribution in [3.63, 3.8) is 0 Å². The topological polar surface area (TPSA) is 108 Å². The summed E-state index contributed by atoms with van der Waals surface area (Å²) in [5.74, 6) is 2.16. The van der Waals surface area contributed by atoms with Gasteiger partial charge in [-0.05, 0) is 108 Å². The fourth-order valence-corrected chi connectivity index (χ4v) is 7.15. The van der Waals surface area contributed by atoms with Crippen molar-refractivity contribution in [3.05, 3.63) is 59.2 Å². The minimum atomic E-state index is -0.982. The quantitative estimate of drug-likeness (QED) is 0.285. The first-order valence-corrected chi connectivity index (χ1v) is 12.2. The molecule has 178 valence electrons. The molecule has 4 bridgehead atoms. The minimum Gasteiger partial charge on any atom is -0.508 e. The van der Waals surface area contributed by atoms with Gasteiger partial charge in [-0.15, -0.1) is 0 Å². The molecule has 5 N–H and O–H groups in total. The van der Waals surface area contributed by atoms with E-state index in [-0.39, 0.29) is 5.41 Å². The number of carbonyl (C=O) groups is 1. The fourth-order valence-electron chi connectivity index (χ4n) is 7.15. The van der Waals surface area contributed by atoms with Gasteiger partial charge in [-0.25, -0.2) is 4.79 Å². The molecule has 0 saturated heterocycles. The Morgan fingerprint density at radius 1 is 1.12 bits per heavy atom. The number of aromatic hydroxyl groups is 1. The number of carboxylic acid groups (broad SMARTS) is 1. The molecule has 6 rings (SSSR count). The number of benzene rings is 2. The number of phenolic OH excluding ortho intramolecular Hbond substituents is 1. The lowest BCUT2D eigenvalue weighted by Crippen LogP contribution is -2.48. The van der Waals surface area contributed by atoms with Crippen molar-refractivity contribution >= 4 is 18.0 Å². The maximum absolute atomic E-state index is 11.0. The molecule has 6 nitrogen and oxygen atoms in total. The Hall–Kier alpha value is -3.28. The lowest BCUT2D eigenvalue weighted by atomic mass is 9.48. The third-order valence-corrected chi connectivity index (χ3v) is 8.17. The minimum absolute atomic E-state index is 0.0940. The van der Waals surface area contributed by atoms with Gasteiger partial charge in [-0.3, -0.25) is 4.99 Å². The first-order valence-electron chi connectivity index (χ1n) is 12.2. The van der Waals surface area contributed by atoms with Crippen molar-refractivity contribution in [3.8, 4) is 16.9 Å². The molecule has 0 unspecified atom stereocenters. The molecule has 0 amide bonds. The number of aliphatic carboxylic acids is 1. The predicted octanol–water partition coefficient (Wildman–Crippen LogP) is 4.66. The van der Waals surface area contributed by atoms with Gasteiger partial charge in [-0.1, -0.05) is 18.2 Å². The Morgan fingerprint density at radius 3 is 2.41 bits per heavy atom. The maximum Gasteiger partial charge on any atom is 0.328 e. The molecule has 4 aliphatic rings. The Kier molecular flexibility index (Phi) is 5.84. The number of nitrogens with two attached hydrogens (primary N) is 1. The first-order chi connectivity index (χ1) is 16.3. The molecule has 6 heteroatoms. The summed E-state index contributed by atoms with van der Waals surface area (Å²) in [6.07, 6.45) is 10.4. The molecule has 34 heavy (non-hydrogen) atoms. The van der Waals surface area contributed by atoms with E-state index in [4.69, 9.17) is 10.8 Å². The van der Waals surface area contributed by atoms with Crippen LogP contribution in [0, 0.1) is 17.8 Å². The number of guanidine groups is 1. The zero-order valence-electron chi connectivity index (χ0n) is 19.6. The normalized spacial score (nSPS) is 27.9. The van der Waals surface area contributed by atoms with E-state index in [0.29, 0.717) is 18.3 Å². The molecule has 0 spiro atoms. The van der Waals surface area contributed by atoms with E-state index in [1.807, 2.05) is 30.3 Å². The van der Waals surface area contributed by atoms with Gasteiger partial charge in [0.25, 0.3) is 0 Å². The number of hydrogen-bond donors (Lipinski definition) is 4. The standard InChI is InChI=1S/C28H33N3O3/c1-30-27(29)31-16-22-11-17(3-7-26(33)34)2-5-23(22)21-4-6-25(32)24(12-21)28-13-18-8-19(14-28)10-20(9-18)15-28/h2-7,11-12,18-20,32H,8-10,13-16H2,1H3,(H,33,34)(H3,29,30,31)/b7-3+. The van der Waals surface area contributed by atoms with Crippen LogP contribution >= 0.6 is 0 Å². The van der Waals surface area contributed by atoms with E-state index in [0.717, 1.165) is 51.6 Å². The fraction of sp³-hybridized carbons (Fsp3) is 0.429. The maximum atomic E-state index is 11.0. The molecular formula is C28H33N3O3. The van der Waals surface area contributed by atoms with Crippen LogP contribution in [0.25, 0.3) is 17.2 Å². The molecular weight excluding hydrogens is 426 g/mol. The van der Waals surface area contributed by atoms with E-state index in [9.17, 15) is 9.90 Å². The van der Waals surface area contributed by atoms with Crippen molar-refractivity contribution < 1.29 is 15.0 Å². The molecule has 2 aromatic rings. The van der Waals surface area contributed by atoms with Crippen LogP contribution in [0.2, 0.25) is 0 Å². The molecule has 0 aliphatic heterocycles. The van der Waals surface area contributed by atoms with Crippen molar-refractivity contribution in [2.75, 3.05) is 7.05 Å². The summed E-state index contributed by atoms with van der Waals surface area (Å²) in [6.45, 7) is 0.459. The van der Waals surface area contributed by atoms with Gasteiger partial charge in [0.1, 0.15) is 5.75 Å². The number of carboxylic acids is 1. The van der Waals surface area contributed by atoms with Gasteiger partial charge < -0.3 is 21.3 Å². The number of nitrogens with one attached hydrogen (secondary N) is 1. The number of nitrogens with zero attached hydrogens (tertiary/aromatic N) is 1. The molecule has 2 aromatic carbocycles. The van der Waals surface area contributed by atoms with Crippen molar-refractivity contribution in [1.82, 2.24) is 5.32 Å². The number of rotatable bonds is 6. The Balaban J connectivity index is 1.53. The van der Waals surface area contributed by atoms with Crippen LogP contribution in [0.1, 0.15) is 55.2 Å². The van der Waals surface area contributed by atoms with Gasteiger partial charge >= 0.3 is 5.97 Å². The summed E-state index contributed by atoms with van der Waals surface area (Å²) in [7, 11) is 1.63. The molecule has 0 aromatic heterocycles. The van der Waals surface area contributed by atoms with Crippen molar-refractivity contribution in [1.29, 1.82) is 0 Å². The zero-order valence-corrected chi connectivity index (χ0v) is 19.6. The summed E-state index contributed by atoms with van der Waals surface area (Å²) in [4.78, 5) is 15.0. The second-order valence-electron chi connectivity index (χ2n) is 10.5. The van der Waals surface area contributed by atoms with Crippen LogP contribution in [0.4, 0.5) is 0 Å². The Labute approximate surface area is 200 Å². The van der Waals surface area contributed by atoms with Crippen molar-refractivity contribution in [2.24, 2.45) is 28.5 Å². The van der Waals surface area contributed by atoms with Crippen LogP contribution in [0.5, 0.6) is 5.75 Å². The van der Waals surface area contributed by atoms with E-state index in [2.05, 4.69) is 16.4 Å². The summed E-state index contributed by atoms with van der Waals surface area (Å²) >= 11 is 0. The van der Waals surface area contributed by atoms with Gasteiger partial charge in [0.2, 0.25) is 0 Å². The van der Waals surface area contributed by atoms with Crippen LogP contribution in [-0.2, 0) is 16.8 Å². The van der Waals surface area contributed by atoms with Crippen LogP contribution < -0.4 is 11.1 Å². The molecule has 0 heterocycles. The summed E-state index contributed by atoms with van der Waals surface area (Å²) < 4.78 is 0. The van der Waals surface area contributed by atoms with E-state index < -0.39 is 5.97 Å². The molecule has 0 radical (unpaired) electrons.